The first-order chi connectivity index (χ1) is 19.4. The van der Waals surface area contributed by atoms with Crippen molar-refractivity contribution in [2.24, 2.45) is 7.05 Å². The van der Waals surface area contributed by atoms with Crippen molar-refractivity contribution in [3.8, 4) is 0 Å². The Morgan fingerprint density at radius 3 is 2.33 bits per heavy atom. The molecule has 214 valence electrons. The third kappa shape index (κ3) is 8.64. The molecule has 40 heavy (non-hydrogen) atoms. The van der Waals surface area contributed by atoms with Gasteiger partial charge < -0.3 is 24.5 Å². The number of ether oxygens (including phenoxy) is 2. The highest BCUT2D eigenvalue weighted by Gasteiger charge is 2.32. The molecule has 10 nitrogen and oxygen atoms in total. The number of aliphatic hydroxyl groups is 1. The third-order valence-corrected chi connectivity index (χ3v) is 7.90. The molecule has 0 radical (unpaired) electrons. The summed E-state index contributed by atoms with van der Waals surface area (Å²) in [6, 6.07) is 15.6. The van der Waals surface area contributed by atoms with Gasteiger partial charge in [0.1, 0.15) is 0 Å². The molecule has 0 unspecified atom stereocenters. The number of hydrogen-bond donors (Lipinski definition) is 4. The fraction of sp³-hybridized carbons (Fsp3) is 0.414. The molecule has 1 aromatic heterocycles. The van der Waals surface area contributed by atoms with E-state index in [1.54, 1.807) is 23.4 Å². The Hall–Kier alpha value is -3.22. The van der Waals surface area contributed by atoms with E-state index in [9.17, 15) is 14.7 Å². The van der Waals surface area contributed by atoms with Crippen LogP contribution < -0.4 is 10.8 Å². The average molecular weight is 569 g/mol. The van der Waals surface area contributed by atoms with Gasteiger partial charge in [0, 0.05) is 56.6 Å². The first-order valence-electron chi connectivity index (χ1n) is 13.3. The van der Waals surface area contributed by atoms with Gasteiger partial charge in [0.05, 0.1) is 18.8 Å². The minimum absolute atomic E-state index is 0.00335. The molecule has 0 spiro atoms. The molecule has 0 aliphatic carbocycles. The van der Waals surface area contributed by atoms with Gasteiger partial charge in [0.15, 0.2) is 11.4 Å². The predicted octanol–water partition coefficient (Wildman–Crippen LogP) is 3.93. The average Bonchev–Trinajstić information content (AvgIpc) is 3.41. The lowest BCUT2D eigenvalue weighted by Crippen LogP contribution is -2.31. The molecule has 2 amide bonds. The Bertz CT molecular complexity index is 1230. The van der Waals surface area contributed by atoms with Gasteiger partial charge in [0.2, 0.25) is 11.8 Å². The third-order valence-electron chi connectivity index (χ3n) is 6.71. The number of nitrogens with zero attached hydrogens (tertiary/aromatic N) is 2. The molecule has 1 aliphatic rings. The SMILES string of the molecule is Cn1ccnc1SC[C@@H]1C[C@H](c2ccc(CO)cc2)O[C@H](c2ccc(CNC(=O)CCCCC(=O)NO)cc2)O1. The van der Waals surface area contributed by atoms with Gasteiger partial charge >= 0.3 is 0 Å². The molecule has 3 atom stereocenters. The highest BCUT2D eigenvalue weighted by Crippen LogP contribution is 2.39. The molecule has 11 heteroatoms. The van der Waals surface area contributed by atoms with E-state index in [1.807, 2.05) is 66.3 Å². The van der Waals surface area contributed by atoms with Crippen LogP contribution in [0.2, 0.25) is 0 Å². The van der Waals surface area contributed by atoms with E-state index in [0.29, 0.717) is 32.2 Å². The first-order valence-corrected chi connectivity index (χ1v) is 14.3. The fourth-order valence-corrected chi connectivity index (χ4v) is 5.34. The van der Waals surface area contributed by atoms with Crippen LogP contribution in [0.15, 0.2) is 66.1 Å². The lowest BCUT2D eigenvalue weighted by atomic mass is 10.0. The molecule has 1 saturated heterocycles. The molecule has 2 aromatic carbocycles. The van der Waals surface area contributed by atoms with Crippen LogP contribution in [0.1, 0.15) is 66.8 Å². The number of unbranched alkanes of at least 4 members (excludes halogenated alkanes) is 1. The summed E-state index contributed by atoms with van der Waals surface area (Å²) in [5, 5.41) is 21.8. The largest absolute Gasteiger partial charge is 0.392 e. The van der Waals surface area contributed by atoms with E-state index in [-0.39, 0.29) is 31.1 Å². The summed E-state index contributed by atoms with van der Waals surface area (Å²) in [6.45, 7) is 0.391. The van der Waals surface area contributed by atoms with Crippen LogP contribution in [0, 0.1) is 0 Å². The summed E-state index contributed by atoms with van der Waals surface area (Å²) in [6.07, 6.45) is 5.22. The zero-order chi connectivity index (χ0) is 28.3. The molecule has 1 aliphatic heterocycles. The second-order valence-corrected chi connectivity index (χ2v) is 10.7. The maximum atomic E-state index is 12.1. The van der Waals surface area contributed by atoms with E-state index in [1.165, 1.54) is 0 Å². The lowest BCUT2D eigenvalue weighted by Gasteiger charge is -2.36. The van der Waals surface area contributed by atoms with Crippen LogP contribution in [-0.4, -0.2) is 43.5 Å². The highest BCUT2D eigenvalue weighted by atomic mass is 32.2. The Kier molecular flexibility index (Phi) is 11.1. The summed E-state index contributed by atoms with van der Waals surface area (Å²) in [5.41, 5.74) is 5.32. The van der Waals surface area contributed by atoms with Crippen LogP contribution in [0.3, 0.4) is 0 Å². The van der Waals surface area contributed by atoms with Crippen LogP contribution in [-0.2, 0) is 39.3 Å². The van der Waals surface area contributed by atoms with Gasteiger partial charge in [-0.05, 0) is 29.5 Å². The van der Waals surface area contributed by atoms with E-state index >= 15 is 0 Å². The molecule has 3 aromatic rings. The van der Waals surface area contributed by atoms with Gasteiger partial charge in [-0.1, -0.05) is 60.3 Å². The molecular weight excluding hydrogens is 532 g/mol. The van der Waals surface area contributed by atoms with E-state index < -0.39 is 12.2 Å². The number of imidazole rings is 1. The fourth-order valence-electron chi connectivity index (χ4n) is 4.39. The van der Waals surface area contributed by atoms with Crippen LogP contribution in [0.25, 0.3) is 0 Å². The number of benzene rings is 2. The Morgan fingerprint density at radius 2 is 1.68 bits per heavy atom. The van der Waals surface area contributed by atoms with E-state index in [2.05, 4.69) is 10.3 Å². The number of aromatic nitrogens is 2. The van der Waals surface area contributed by atoms with Crippen molar-refractivity contribution < 1.29 is 29.4 Å². The van der Waals surface area contributed by atoms with Gasteiger partial charge in [-0.15, -0.1) is 0 Å². The zero-order valence-electron chi connectivity index (χ0n) is 22.5. The van der Waals surface area contributed by atoms with Gasteiger partial charge in [-0.25, -0.2) is 10.5 Å². The zero-order valence-corrected chi connectivity index (χ0v) is 23.3. The number of carbonyl (C=O) groups excluding carboxylic acids is 2. The van der Waals surface area contributed by atoms with Gasteiger partial charge in [0.25, 0.3) is 0 Å². The van der Waals surface area contributed by atoms with Crippen LogP contribution >= 0.6 is 11.8 Å². The van der Waals surface area contributed by atoms with Crippen molar-refractivity contribution >= 4 is 23.6 Å². The number of hydrogen-bond acceptors (Lipinski definition) is 8. The number of aryl methyl sites for hydroxylation is 1. The summed E-state index contributed by atoms with van der Waals surface area (Å²) in [7, 11) is 1.97. The number of hydroxylamine groups is 1. The summed E-state index contributed by atoms with van der Waals surface area (Å²) >= 11 is 1.65. The Morgan fingerprint density at radius 1 is 1.00 bits per heavy atom. The number of amides is 2. The molecule has 0 bridgehead atoms. The van der Waals surface area contributed by atoms with Crippen molar-refractivity contribution in [1.29, 1.82) is 0 Å². The van der Waals surface area contributed by atoms with Gasteiger partial charge in [-0.3, -0.25) is 14.8 Å². The summed E-state index contributed by atoms with van der Waals surface area (Å²) in [5.74, 6) is 0.191. The van der Waals surface area contributed by atoms with Crippen molar-refractivity contribution in [1.82, 2.24) is 20.3 Å². The molecule has 2 heterocycles. The molecule has 4 rings (SSSR count). The van der Waals surface area contributed by atoms with Crippen molar-refractivity contribution in [3.63, 3.8) is 0 Å². The normalized spacial score (nSPS) is 18.8. The molecule has 4 N–H and O–H groups in total. The smallest absolute Gasteiger partial charge is 0.243 e. The molecule has 0 saturated carbocycles. The number of aliphatic hydroxyl groups excluding tert-OH is 1. The van der Waals surface area contributed by atoms with Crippen LogP contribution in [0.5, 0.6) is 0 Å². The second kappa shape index (κ2) is 15.0. The minimum Gasteiger partial charge on any atom is -0.392 e. The standard InChI is InChI=1S/C29H36N4O6S/c1-33-15-14-30-29(33)40-19-24-16-25(22-10-8-21(18-34)9-11-22)39-28(38-24)23-12-6-20(7-13-23)17-31-26(35)4-2-3-5-27(36)32-37/h6-15,24-25,28,34,37H,2-5,16-19H2,1H3,(H,31,35)(H,32,36)/t24-,25+,28+/m0/s1. The highest BCUT2D eigenvalue weighted by molar-refractivity contribution is 7.99. The van der Waals surface area contributed by atoms with Gasteiger partial charge in [-0.2, -0.15) is 0 Å². The van der Waals surface area contributed by atoms with E-state index in [4.69, 9.17) is 14.7 Å². The Balaban J connectivity index is 1.35. The van der Waals surface area contributed by atoms with E-state index in [0.717, 1.165) is 33.2 Å². The maximum Gasteiger partial charge on any atom is 0.243 e. The number of nitrogens with one attached hydrogen (secondary N) is 2. The van der Waals surface area contributed by atoms with Crippen molar-refractivity contribution in [2.75, 3.05) is 5.75 Å². The second-order valence-electron chi connectivity index (χ2n) is 9.74. The number of carbonyl (C=O) groups is 2. The summed E-state index contributed by atoms with van der Waals surface area (Å²) < 4.78 is 14.8. The Labute approximate surface area is 238 Å². The predicted molar refractivity (Wildman–Crippen MR) is 149 cm³/mol. The lowest BCUT2D eigenvalue weighted by molar-refractivity contribution is -0.245. The van der Waals surface area contributed by atoms with Crippen molar-refractivity contribution in [3.05, 3.63) is 83.2 Å². The molecule has 1 fully saturated rings. The topological polar surface area (TPSA) is 135 Å². The quantitative estimate of drug-likeness (QED) is 0.105. The molecular formula is C29H36N4O6S. The number of thioether (sulfide) groups is 1. The first kappa shape index (κ1) is 29.8. The van der Waals surface area contributed by atoms with Crippen LogP contribution in [0.4, 0.5) is 0 Å². The summed E-state index contributed by atoms with van der Waals surface area (Å²) in [4.78, 5) is 27.6. The minimum atomic E-state index is -0.553. The van der Waals surface area contributed by atoms with Crippen molar-refractivity contribution in [2.45, 2.75) is 68.9 Å². The maximum absolute atomic E-state index is 12.1. The number of rotatable bonds is 13. The monoisotopic (exact) mass is 568 g/mol.